The van der Waals surface area contributed by atoms with Gasteiger partial charge in [-0.2, -0.15) is 0 Å². The predicted molar refractivity (Wildman–Crippen MR) is 247 cm³/mol. The van der Waals surface area contributed by atoms with E-state index in [1.54, 1.807) is 0 Å². The van der Waals surface area contributed by atoms with E-state index in [0.717, 1.165) is 50.5 Å². The number of hydrogen-bond acceptors (Lipinski definition) is 1. The molecule has 1 aromatic heterocycles. The summed E-state index contributed by atoms with van der Waals surface area (Å²) < 4.78 is 44.1. The number of rotatable bonds is 7. The zero-order valence-corrected chi connectivity index (χ0v) is 31.4. The van der Waals surface area contributed by atoms with Gasteiger partial charge in [0.05, 0.1) is 17.9 Å². The second-order valence-electron chi connectivity index (χ2n) is 14.6. The van der Waals surface area contributed by atoms with Crippen molar-refractivity contribution in [2.75, 3.05) is 4.90 Å². The van der Waals surface area contributed by atoms with Gasteiger partial charge in [0.25, 0.3) is 0 Å². The van der Waals surface area contributed by atoms with E-state index in [0.29, 0.717) is 5.56 Å². The third kappa shape index (κ3) is 5.91. The number of hydrogen-bond donors (Lipinski definition) is 0. The number of para-hydroxylation sites is 1. The Kier molecular flexibility index (Phi) is 6.98. The Morgan fingerprint density at radius 2 is 0.845 bits per heavy atom. The average Bonchev–Trinajstić information content (AvgIpc) is 3.68. The van der Waals surface area contributed by atoms with Gasteiger partial charge in [-0.3, -0.25) is 0 Å². The topological polar surface area (TPSA) is 8.17 Å². The fourth-order valence-electron chi connectivity index (χ4n) is 8.40. The van der Waals surface area contributed by atoms with Crippen molar-refractivity contribution in [1.29, 1.82) is 0 Å². The summed E-state index contributed by atoms with van der Waals surface area (Å²) in [6, 6.07) is 68.4. The highest BCUT2D eigenvalue weighted by molar-refractivity contribution is 6.19. The maximum Gasteiger partial charge on any atom is 0.0629 e. The molecule has 0 aliphatic carbocycles. The largest absolute Gasteiger partial charge is 0.311 e. The van der Waals surface area contributed by atoms with Gasteiger partial charge in [-0.1, -0.05) is 170 Å². The van der Waals surface area contributed by atoms with Gasteiger partial charge >= 0.3 is 0 Å². The summed E-state index contributed by atoms with van der Waals surface area (Å²) in [4.78, 5) is 2.18. The minimum absolute atomic E-state index is 0.180. The molecule has 0 unspecified atom stereocenters. The quantitative estimate of drug-likeness (QED) is 0.158. The minimum atomic E-state index is -0.403. The summed E-state index contributed by atoms with van der Waals surface area (Å²) in [7, 11) is 0. The second kappa shape index (κ2) is 14.1. The molecule has 11 rings (SSSR count). The third-order valence-corrected chi connectivity index (χ3v) is 11.2. The van der Waals surface area contributed by atoms with Crippen LogP contribution in [0.5, 0.6) is 0 Å². The first-order chi connectivity index (χ1) is 30.8. The lowest BCUT2D eigenvalue weighted by molar-refractivity contribution is 1.19. The van der Waals surface area contributed by atoms with Crippen molar-refractivity contribution in [2.24, 2.45) is 0 Å². The molecule has 1 heterocycles. The van der Waals surface area contributed by atoms with E-state index >= 15 is 0 Å². The van der Waals surface area contributed by atoms with Crippen molar-refractivity contribution in [3.8, 4) is 39.1 Å². The van der Waals surface area contributed by atoms with Crippen molar-refractivity contribution >= 4 is 60.4 Å². The molecule has 0 saturated carbocycles. The molecule has 11 aromatic rings. The van der Waals surface area contributed by atoms with Crippen molar-refractivity contribution in [2.45, 2.75) is 0 Å². The van der Waals surface area contributed by atoms with Crippen LogP contribution in [-0.2, 0) is 0 Å². The van der Waals surface area contributed by atoms with Gasteiger partial charge in [-0.25, -0.2) is 0 Å². The molecular formula is C56H38N2. The van der Waals surface area contributed by atoms with Crippen LogP contribution < -0.4 is 4.90 Å². The van der Waals surface area contributed by atoms with E-state index in [1.165, 1.54) is 37.8 Å². The van der Waals surface area contributed by atoms with Crippen molar-refractivity contribution < 1.29 is 6.85 Å². The first-order valence-corrected chi connectivity index (χ1v) is 19.5. The van der Waals surface area contributed by atoms with Gasteiger partial charge in [0, 0.05) is 38.9 Å². The Morgan fingerprint density at radius 1 is 0.345 bits per heavy atom. The molecule has 10 aromatic carbocycles. The summed E-state index contributed by atoms with van der Waals surface area (Å²) in [5.74, 6) is 0. The molecule has 0 amide bonds. The van der Waals surface area contributed by atoms with E-state index in [9.17, 15) is 0 Å². The van der Waals surface area contributed by atoms with Crippen LogP contribution in [0, 0.1) is 0 Å². The first-order valence-electron chi connectivity index (χ1n) is 22.0. The third-order valence-electron chi connectivity index (χ3n) is 11.2. The molecule has 0 spiro atoms. The zero-order valence-electron chi connectivity index (χ0n) is 36.4. The normalized spacial score (nSPS) is 12.7. The number of aromatic nitrogens is 1. The standard InChI is InChI=1S/C56H38N2/c1-3-11-39(12-4-1)41-21-29-49(30-22-41)57(50-31-23-42(24-32-50)46-20-19-40-13-7-8-15-45(40)37-46)51-33-25-43(26-34-51)47-28-35-53-54-36-27-44-14-9-10-18-52(44)56(54)58(55(53)38-47)48-16-5-2-6-17-48/h1-38H/i1D,3D,4D,11D,12D. The average molecular weight is 744 g/mol. The molecule has 272 valence electrons. The summed E-state index contributed by atoms with van der Waals surface area (Å²) >= 11 is 0. The Hall–Kier alpha value is -7.68. The maximum atomic E-state index is 8.58. The lowest BCUT2D eigenvalue weighted by Gasteiger charge is -2.26. The molecule has 2 heteroatoms. The lowest BCUT2D eigenvalue weighted by Crippen LogP contribution is -2.09. The van der Waals surface area contributed by atoms with Gasteiger partial charge in [0.15, 0.2) is 0 Å². The van der Waals surface area contributed by atoms with Gasteiger partial charge in [-0.05, 0) is 110 Å². The first kappa shape index (κ1) is 28.7. The van der Waals surface area contributed by atoms with Crippen LogP contribution in [0.1, 0.15) is 6.85 Å². The second-order valence-corrected chi connectivity index (χ2v) is 14.6. The Bertz CT molecular complexity index is 3510. The fourth-order valence-corrected chi connectivity index (χ4v) is 8.40. The molecule has 0 atom stereocenters. The summed E-state index contributed by atoms with van der Waals surface area (Å²) in [6.07, 6.45) is 0. The summed E-state index contributed by atoms with van der Waals surface area (Å²) in [5, 5.41) is 7.23. The number of benzene rings is 10. The van der Waals surface area contributed by atoms with Gasteiger partial charge < -0.3 is 9.47 Å². The van der Waals surface area contributed by atoms with Crippen LogP contribution in [0.25, 0.3) is 82.4 Å². The zero-order chi connectivity index (χ0) is 42.8. The monoisotopic (exact) mass is 743 g/mol. The van der Waals surface area contributed by atoms with Gasteiger partial charge in [-0.15, -0.1) is 0 Å². The van der Waals surface area contributed by atoms with Crippen LogP contribution in [0.3, 0.4) is 0 Å². The summed E-state index contributed by atoms with van der Waals surface area (Å²) in [6.45, 7) is 0. The van der Waals surface area contributed by atoms with Crippen molar-refractivity contribution in [3.63, 3.8) is 0 Å². The highest BCUT2D eigenvalue weighted by Crippen LogP contribution is 2.41. The molecule has 0 fully saturated rings. The van der Waals surface area contributed by atoms with Crippen LogP contribution >= 0.6 is 0 Å². The molecule has 2 nitrogen and oxygen atoms in total. The van der Waals surface area contributed by atoms with Gasteiger partial charge in [0.1, 0.15) is 0 Å². The lowest BCUT2D eigenvalue weighted by atomic mass is 10.0. The minimum Gasteiger partial charge on any atom is -0.311 e. The Labute approximate surface area is 345 Å². The molecule has 0 saturated heterocycles. The van der Waals surface area contributed by atoms with Crippen LogP contribution in [0.2, 0.25) is 0 Å². The van der Waals surface area contributed by atoms with Crippen molar-refractivity contribution in [1.82, 2.24) is 4.57 Å². The molecule has 0 bridgehead atoms. The SMILES string of the molecule is [2H]c1c([2H])c([2H])c(-c2ccc(N(c3ccc(-c4ccc5ccccc5c4)cc3)c3ccc(-c4ccc5c6ccc7ccccc7c6n(-c6ccccc6)c5c4)cc3)cc2)c([2H])c1[2H]. The summed E-state index contributed by atoms with van der Waals surface area (Å²) in [5.41, 5.74) is 11.4. The number of nitrogens with zero attached hydrogens (tertiary/aromatic N) is 2. The molecule has 0 aliphatic heterocycles. The highest BCUT2D eigenvalue weighted by Gasteiger charge is 2.17. The fraction of sp³-hybridized carbons (Fsp3) is 0. The van der Waals surface area contributed by atoms with E-state index < -0.39 is 6.04 Å². The Morgan fingerprint density at radius 3 is 1.52 bits per heavy atom. The van der Waals surface area contributed by atoms with E-state index in [4.69, 9.17) is 6.85 Å². The number of anilines is 3. The highest BCUT2D eigenvalue weighted by atomic mass is 15.1. The smallest absolute Gasteiger partial charge is 0.0629 e. The van der Waals surface area contributed by atoms with Gasteiger partial charge in [0.2, 0.25) is 0 Å². The predicted octanol–water partition coefficient (Wildman–Crippen LogP) is 15.6. The Balaban J connectivity index is 1.01. The molecule has 0 N–H and O–H groups in total. The van der Waals surface area contributed by atoms with E-state index in [1.807, 2.05) is 24.3 Å². The molecule has 0 aliphatic rings. The molecule has 0 radical (unpaired) electrons. The maximum absolute atomic E-state index is 8.58. The number of fused-ring (bicyclic) bond motifs is 6. The van der Waals surface area contributed by atoms with E-state index in [-0.39, 0.29) is 29.7 Å². The molecular weight excluding hydrogens is 701 g/mol. The molecule has 58 heavy (non-hydrogen) atoms. The van der Waals surface area contributed by atoms with Crippen LogP contribution in [0.4, 0.5) is 17.1 Å². The van der Waals surface area contributed by atoms with Crippen molar-refractivity contribution in [3.05, 3.63) is 230 Å². The van der Waals surface area contributed by atoms with Crippen LogP contribution in [0.15, 0.2) is 230 Å². The van der Waals surface area contributed by atoms with E-state index in [2.05, 4.69) is 185 Å². The van der Waals surface area contributed by atoms with Crippen LogP contribution in [-0.4, -0.2) is 4.57 Å².